The first-order valence-electron chi connectivity index (χ1n) is 7.16. The van der Waals surface area contributed by atoms with Crippen LogP contribution in [0, 0.1) is 5.82 Å². The third-order valence-corrected chi connectivity index (χ3v) is 3.27. The summed E-state index contributed by atoms with van der Waals surface area (Å²) in [6.07, 6.45) is 1.42. The quantitative estimate of drug-likeness (QED) is 0.802. The van der Waals surface area contributed by atoms with Crippen molar-refractivity contribution >= 4 is 11.9 Å². The fraction of sp³-hybridized carbons (Fsp3) is 0.500. The van der Waals surface area contributed by atoms with E-state index >= 15 is 0 Å². The van der Waals surface area contributed by atoms with Gasteiger partial charge in [-0.15, -0.1) is 0 Å². The van der Waals surface area contributed by atoms with Crippen LogP contribution < -0.4 is 0 Å². The summed E-state index contributed by atoms with van der Waals surface area (Å²) in [5.74, 6) is -1.14. The van der Waals surface area contributed by atoms with Gasteiger partial charge in [0.15, 0.2) is 0 Å². The zero-order chi connectivity index (χ0) is 15.8. The third kappa shape index (κ3) is 6.38. The molecule has 1 amide bonds. The second kappa shape index (κ2) is 8.39. The van der Waals surface area contributed by atoms with E-state index in [1.54, 1.807) is 17.0 Å². The smallest absolute Gasteiger partial charge is 0.303 e. The van der Waals surface area contributed by atoms with Crippen molar-refractivity contribution in [2.45, 2.75) is 45.6 Å². The number of nitrogens with zero attached hydrogens (tertiary/aromatic N) is 1. The molecule has 0 saturated carbocycles. The number of halogens is 1. The molecule has 0 atom stereocenters. The SMILES string of the molecule is CC(C)N(CCCC(=O)O)C(=O)CCc1ccc(F)cc1. The summed E-state index contributed by atoms with van der Waals surface area (Å²) < 4.78 is 12.8. The molecule has 0 aliphatic carbocycles. The zero-order valence-electron chi connectivity index (χ0n) is 12.5. The first-order valence-corrected chi connectivity index (χ1v) is 7.16. The number of aryl methyl sites for hydroxylation is 1. The summed E-state index contributed by atoms with van der Waals surface area (Å²) in [6, 6.07) is 6.15. The number of carboxylic acid groups (broad SMARTS) is 1. The second-order valence-corrected chi connectivity index (χ2v) is 5.30. The maximum atomic E-state index is 12.8. The molecule has 0 saturated heterocycles. The van der Waals surface area contributed by atoms with Crippen LogP contribution >= 0.6 is 0 Å². The van der Waals surface area contributed by atoms with Gasteiger partial charge in [0, 0.05) is 25.4 Å². The number of benzene rings is 1. The van der Waals surface area contributed by atoms with E-state index in [-0.39, 0.29) is 24.2 Å². The van der Waals surface area contributed by atoms with Gasteiger partial charge < -0.3 is 10.0 Å². The van der Waals surface area contributed by atoms with E-state index in [0.29, 0.717) is 25.8 Å². The molecule has 0 spiro atoms. The maximum absolute atomic E-state index is 12.8. The fourth-order valence-electron chi connectivity index (χ4n) is 2.12. The van der Waals surface area contributed by atoms with Crippen molar-refractivity contribution in [3.8, 4) is 0 Å². The number of rotatable bonds is 8. The Labute approximate surface area is 124 Å². The van der Waals surface area contributed by atoms with Crippen molar-refractivity contribution in [1.82, 2.24) is 4.90 Å². The van der Waals surface area contributed by atoms with Gasteiger partial charge >= 0.3 is 5.97 Å². The van der Waals surface area contributed by atoms with Crippen LogP contribution in [-0.4, -0.2) is 34.5 Å². The summed E-state index contributed by atoms with van der Waals surface area (Å²) in [4.78, 5) is 24.4. The lowest BCUT2D eigenvalue weighted by Crippen LogP contribution is -2.38. The summed E-state index contributed by atoms with van der Waals surface area (Å²) in [5.41, 5.74) is 0.916. The maximum Gasteiger partial charge on any atom is 0.303 e. The number of amides is 1. The van der Waals surface area contributed by atoms with E-state index in [1.807, 2.05) is 13.8 Å². The fourth-order valence-corrected chi connectivity index (χ4v) is 2.12. The van der Waals surface area contributed by atoms with E-state index in [0.717, 1.165) is 5.56 Å². The summed E-state index contributed by atoms with van der Waals surface area (Å²) in [7, 11) is 0. The molecule has 0 radical (unpaired) electrons. The molecular formula is C16H22FNO3. The van der Waals surface area contributed by atoms with Gasteiger partial charge in [0.2, 0.25) is 5.91 Å². The van der Waals surface area contributed by atoms with Crippen molar-refractivity contribution in [3.05, 3.63) is 35.6 Å². The summed E-state index contributed by atoms with van der Waals surface area (Å²) in [6.45, 7) is 4.28. The third-order valence-electron chi connectivity index (χ3n) is 3.27. The van der Waals surface area contributed by atoms with E-state index in [4.69, 9.17) is 5.11 Å². The van der Waals surface area contributed by atoms with Gasteiger partial charge in [0.05, 0.1) is 0 Å². The standard InChI is InChI=1S/C16H22FNO3/c1-12(2)18(11-3-4-16(20)21)15(19)10-7-13-5-8-14(17)9-6-13/h5-6,8-9,12H,3-4,7,10-11H2,1-2H3,(H,20,21). The molecule has 21 heavy (non-hydrogen) atoms. The molecule has 116 valence electrons. The van der Waals surface area contributed by atoms with E-state index in [1.165, 1.54) is 12.1 Å². The van der Waals surface area contributed by atoms with Crippen LogP contribution in [0.1, 0.15) is 38.7 Å². The lowest BCUT2D eigenvalue weighted by molar-refractivity contribution is -0.138. The Kier molecular flexibility index (Phi) is 6.85. The van der Waals surface area contributed by atoms with Crippen molar-refractivity contribution in [1.29, 1.82) is 0 Å². The number of carbonyl (C=O) groups excluding carboxylic acids is 1. The largest absolute Gasteiger partial charge is 0.481 e. The van der Waals surface area contributed by atoms with Gasteiger partial charge in [0.1, 0.15) is 5.82 Å². The van der Waals surface area contributed by atoms with Crippen LogP contribution in [0.3, 0.4) is 0 Å². The highest BCUT2D eigenvalue weighted by molar-refractivity contribution is 5.76. The molecule has 0 unspecified atom stereocenters. The average Bonchev–Trinajstić information content (AvgIpc) is 2.42. The highest BCUT2D eigenvalue weighted by Crippen LogP contribution is 2.10. The molecule has 1 N–H and O–H groups in total. The Bertz CT molecular complexity index is 471. The zero-order valence-corrected chi connectivity index (χ0v) is 12.5. The summed E-state index contributed by atoms with van der Waals surface area (Å²) >= 11 is 0. The van der Waals surface area contributed by atoms with Crippen LogP contribution in [0.2, 0.25) is 0 Å². The van der Waals surface area contributed by atoms with Gasteiger partial charge in [-0.2, -0.15) is 0 Å². The van der Waals surface area contributed by atoms with Crippen LogP contribution in [0.4, 0.5) is 4.39 Å². The van der Waals surface area contributed by atoms with Gasteiger partial charge in [-0.1, -0.05) is 12.1 Å². The molecule has 5 heteroatoms. The van der Waals surface area contributed by atoms with Gasteiger partial charge in [0.25, 0.3) is 0 Å². The molecule has 0 bridgehead atoms. The number of hydrogen-bond donors (Lipinski definition) is 1. The van der Waals surface area contributed by atoms with Crippen molar-refractivity contribution < 1.29 is 19.1 Å². The van der Waals surface area contributed by atoms with Crippen LogP contribution in [0.5, 0.6) is 0 Å². The van der Waals surface area contributed by atoms with Crippen LogP contribution in [0.15, 0.2) is 24.3 Å². The lowest BCUT2D eigenvalue weighted by Gasteiger charge is -2.26. The monoisotopic (exact) mass is 295 g/mol. The predicted octanol–water partition coefficient (Wildman–Crippen LogP) is 2.86. The van der Waals surface area contributed by atoms with Crippen LogP contribution in [-0.2, 0) is 16.0 Å². The molecule has 4 nitrogen and oxygen atoms in total. The Hall–Kier alpha value is -1.91. The lowest BCUT2D eigenvalue weighted by atomic mass is 10.1. The molecule has 1 rings (SSSR count). The summed E-state index contributed by atoms with van der Waals surface area (Å²) in [5, 5.41) is 8.64. The van der Waals surface area contributed by atoms with Gasteiger partial charge in [-0.3, -0.25) is 9.59 Å². The van der Waals surface area contributed by atoms with Crippen molar-refractivity contribution in [2.24, 2.45) is 0 Å². The van der Waals surface area contributed by atoms with E-state index in [9.17, 15) is 14.0 Å². The van der Waals surface area contributed by atoms with Gasteiger partial charge in [-0.05, 0) is 44.4 Å². The predicted molar refractivity (Wildman–Crippen MR) is 78.4 cm³/mol. The van der Waals surface area contributed by atoms with E-state index < -0.39 is 5.97 Å². The Morgan fingerprint density at radius 3 is 2.33 bits per heavy atom. The normalized spacial score (nSPS) is 10.7. The van der Waals surface area contributed by atoms with Crippen LogP contribution in [0.25, 0.3) is 0 Å². The minimum Gasteiger partial charge on any atom is -0.481 e. The number of aliphatic carboxylic acids is 1. The van der Waals surface area contributed by atoms with Crippen molar-refractivity contribution in [2.75, 3.05) is 6.54 Å². The first-order chi connectivity index (χ1) is 9.90. The Balaban J connectivity index is 2.48. The molecule has 0 aliphatic heterocycles. The average molecular weight is 295 g/mol. The minimum absolute atomic E-state index is 0.000265. The van der Waals surface area contributed by atoms with Crippen molar-refractivity contribution in [3.63, 3.8) is 0 Å². The molecular weight excluding hydrogens is 273 g/mol. The first kappa shape index (κ1) is 17.1. The Morgan fingerprint density at radius 1 is 1.19 bits per heavy atom. The minimum atomic E-state index is -0.850. The highest BCUT2D eigenvalue weighted by Gasteiger charge is 2.16. The topological polar surface area (TPSA) is 57.6 Å². The molecule has 0 fully saturated rings. The molecule has 1 aromatic rings. The highest BCUT2D eigenvalue weighted by atomic mass is 19.1. The molecule has 0 heterocycles. The number of carbonyl (C=O) groups is 2. The molecule has 0 aromatic heterocycles. The van der Waals surface area contributed by atoms with E-state index in [2.05, 4.69) is 0 Å². The van der Waals surface area contributed by atoms with Gasteiger partial charge in [-0.25, -0.2) is 4.39 Å². The molecule has 0 aliphatic rings. The number of hydrogen-bond acceptors (Lipinski definition) is 2. The molecule has 1 aromatic carbocycles. The second-order valence-electron chi connectivity index (χ2n) is 5.30. The number of carboxylic acids is 1. The Morgan fingerprint density at radius 2 is 1.81 bits per heavy atom.